The number of Topliss-reactive ketones (excluding diaryl/α,β-unsaturated/α-hetero) is 1. The highest BCUT2D eigenvalue weighted by Crippen LogP contribution is 2.53. The molecule has 0 spiro atoms. The van der Waals surface area contributed by atoms with Gasteiger partial charge in [0.25, 0.3) is 0 Å². The lowest BCUT2D eigenvalue weighted by Crippen LogP contribution is -2.26. The quantitative estimate of drug-likeness (QED) is 0.384. The Balaban J connectivity index is 1.51. The highest BCUT2D eigenvalue weighted by molar-refractivity contribution is 6.31. The van der Waals surface area contributed by atoms with Crippen LogP contribution < -0.4 is 0 Å². The van der Waals surface area contributed by atoms with Crippen molar-refractivity contribution in [1.82, 2.24) is 5.16 Å². The maximum atomic E-state index is 13.0. The van der Waals surface area contributed by atoms with Gasteiger partial charge in [-0.05, 0) is 73.5 Å². The van der Waals surface area contributed by atoms with E-state index in [2.05, 4.69) is 25.9 Å². The topological polar surface area (TPSA) is 80.4 Å². The van der Waals surface area contributed by atoms with E-state index in [0.717, 1.165) is 48.1 Å². The van der Waals surface area contributed by atoms with Crippen molar-refractivity contribution in [3.63, 3.8) is 0 Å². The van der Waals surface area contributed by atoms with Crippen LogP contribution in [0.4, 0.5) is 0 Å². The molecule has 2 aliphatic rings. The summed E-state index contributed by atoms with van der Waals surface area (Å²) in [7, 11) is 0. The Morgan fingerprint density at radius 3 is 2.47 bits per heavy atom. The molecule has 1 heterocycles. The molecule has 1 unspecified atom stereocenters. The Labute approximate surface area is 207 Å². The monoisotopic (exact) mass is 485 g/mol. The van der Waals surface area contributed by atoms with Gasteiger partial charge in [-0.25, -0.2) is 0 Å². The number of hydrogen-bond acceptors (Lipinski definition) is 4. The normalized spacial score (nSPS) is 21.2. The fourth-order valence-electron chi connectivity index (χ4n) is 5.51. The lowest BCUT2D eigenvalue weighted by molar-refractivity contribution is -0.137. The summed E-state index contributed by atoms with van der Waals surface area (Å²) in [6.07, 6.45) is 5.73. The van der Waals surface area contributed by atoms with Crippen LogP contribution in [-0.4, -0.2) is 22.0 Å². The van der Waals surface area contributed by atoms with Crippen LogP contribution in [0, 0.1) is 18.3 Å². The SMILES string of the molecule is Cc1ccc(CC(=O)CC(CC(=O)O)c2noc(C3CC(CC(C)(C)C)C3)c2C2CC2)c(Cl)c1. The van der Waals surface area contributed by atoms with Gasteiger partial charge < -0.3 is 9.63 Å². The largest absolute Gasteiger partial charge is 0.481 e. The van der Waals surface area contributed by atoms with E-state index in [1.807, 2.05) is 25.1 Å². The van der Waals surface area contributed by atoms with Gasteiger partial charge >= 0.3 is 5.97 Å². The number of ketones is 1. The molecule has 1 N–H and O–H groups in total. The highest BCUT2D eigenvalue weighted by atomic mass is 35.5. The van der Waals surface area contributed by atoms with Gasteiger partial charge in [-0.3, -0.25) is 9.59 Å². The van der Waals surface area contributed by atoms with Gasteiger partial charge in [0.15, 0.2) is 0 Å². The number of carbonyl (C=O) groups is 2. The summed E-state index contributed by atoms with van der Waals surface area (Å²) in [6.45, 7) is 8.79. The molecular formula is C28H36ClNO4. The zero-order chi connectivity index (χ0) is 24.6. The number of rotatable bonds is 10. The Morgan fingerprint density at radius 1 is 1.18 bits per heavy atom. The summed E-state index contributed by atoms with van der Waals surface area (Å²) in [5, 5.41) is 14.6. The second kappa shape index (κ2) is 9.85. The summed E-state index contributed by atoms with van der Waals surface area (Å²) >= 11 is 6.33. The zero-order valence-electron chi connectivity index (χ0n) is 20.7. The van der Waals surface area contributed by atoms with E-state index >= 15 is 0 Å². The number of aromatic nitrogens is 1. The summed E-state index contributed by atoms with van der Waals surface area (Å²) < 4.78 is 5.90. The van der Waals surface area contributed by atoms with Crippen molar-refractivity contribution in [2.24, 2.45) is 11.3 Å². The maximum absolute atomic E-state index is 13.0. The van der Waals surface area contributed by atoms with Crippen molar-refractivity contribution in [3.05, 3.63) is 51.4 Å². The molecule has 6 heteroatoms. The van der Waals surface area contributed by atoms with Crippen molar-refractivity contribution in [3.8, 4) is 0 Å². The molecule has 0 saturated heterocycles. The van der Waals surface area contributed by atoms with E-state index in [1.54, 1.807) is 0 Å². The second-order valence-electron chi connectivity index (χ2n) is 11.7. The number of carboxylic acids is 1. The number of nitrogens with zero attached hydrogens (tertiary/aromatic N) is 1. The lowest BCUT2D eigenvalue weighted by atomic mass is 9.66. The van der Waals surface area contributed by atoms with Gasteiger partial charge in [0, 0.05) is 35.3 Å². The first-order valence-electron chi connectivity index (χ1n) is 12.5. The van der Waals surface area contributed by atoms with Crippen LogP contribution in [0.1, 0.15) is 112 Å². The van der Waals surface area contributed by atoms with Crippen molar-refractivity contribution in [2.75, 3.05) is 0 Å². The number of hydrogen-bond donors (Lipinski definition) is 1. The third kappa shape index (κ3) is 6.10. The van der Waals surface area contributed by atoms with E-state index in [9.17, 15) is 14.7 Å². The van der Waals surface area contributed by atoms with Crippen LogP contribution in [0.2, 0.25) is 5.02 Å². The predicted octanol–water partition coefficient (Wildman–Crippen LogP) is 7.20. The van der Waals surface area contributed by atoms with Gasteiger partial charge in [-0.1, -0.05) is 49.7 Å². The molecular weight excluding hydrogens is 450 g/mol. The molecule has 5 nitrogen and oxygen atoms in total. The Bertz CT molecular complexity index is 1060. The van der Waals surface area contributed by atoms with Gasteiger partial charge in [0.2, 0.25) is 0 Å². The average molecular weight is 486 g/mol. The first kappa shape index (κ1) is 25.0. The van der Waals surface area contributed by atoms with E-state index < -0.39 is 11.9 Å². The molecule has 2 fully saturated rings. The third-order valence-electron chi connectivity index (χ3n) is 7.15. The van der Waals surface area contributed by atoms with Crippen LogP contribution in [-0.2, 0) is 16.0 Å². The summed E-state index contributed by atoms with van der Waals surface area (Å²) in [4.78, 5) is 24.7. The van der Waals surface area contributed by atoms with Crippen molar-refractivity contribution in [2.45, 2.75) is 96.8 Å². The summed E-state index contributed by atoms with van der Waals surface area (Å²) in [5.41, 5.74) is 3.92. The molecule has 1 aromatic carbocycles. The number of carboxylic acid groups (broad SMARTS) is 1. The number of carbonyl (C=O) groups excluding carboxylic acids is 1. The molecule has 34 heavy (non-hydrogen) atoms. The average Bonchev–Trinajstić information content (AvgIpc) is 3.43. The van der Waals surface area contributed by atoms with Gasteiger partial charge in [0.05, 0.1) is 12.1 Å². The third-order valence-corrected chi connectivity index (χ3v) is 7.51. The standard InChI is InChI=1S/C28H36ClNO4/c1-16-5-6-19(23(29)9-16)12-22(31)13-20(14-24(32)33)26-25(18-7-8-18)27(34-30-26)21-10-17(11-21)15-28(2,3)4/h5-6,9,17-18,20-21H,7-8,10-15H2,1-4H3,(H,32,33). The van der Waals surface area contributed by atoms with Crippen LogP contribution in [0.25, 0.3) is 0 Å². The van der Waals surface area contributed by atoms with Crippen molar-refractivity contribution in [1.29, 1.82) is 0 Å². The van der Waals surface area contributed by atoms with Crippen molar-refractivity contribution < 1.29 is 19.2 Å². The number of aryl methyl sites for hydroxylation is 1. The molecule has 2 aromatic rings. The first-order chi connectivity index (χ1) is 16.0. The fraction of sp³-hybridized carbons (Fsp3) is 0.607. The molecule has 0 aliphatic heterocycles. The summed E-state index contributed by atoms with van der Waals surface area (Å²) in [5.74, 6) is 0.956. The van der Waals surface area contributed by atoms with Gasteiger partial charge in [0.1, 0.15) is 11.5 Å². The number of benzene rings is 1. The fourth-order valence-corrected chi connectivity index (χ4v) is 5.81. The maximum Gasteiger partial charge on any atom is 0.304 e. The highest BCUT2D eigenvalue weighted by Gasteiger charge is 2.42. The molecule has 0 amide bonds. The Kier molecular flexibility index (Phi) is 7.23. The van der Waals surface area contributed by atoms with Gasteiger partial charge in [-0.15, -0.1) is 0 Å². The number of halogens is 1. The zero-order valence-corrected chi connectivity index (χ0v) is 21.5. The predicted molar refractivity (Wildman–Crippen MR) is 133 cm³/mol. The Hall–Kier alpha value is -2.14. The lowest BCUT2D eigenvalue weighted by Gasteiger charge is -2.38. The van der Waals surface area contributed by atoms with Crippen LogP contribution >= 0.6 is 11.6 Å². The molecule has 1 atom stereocenters. The molecule has 4 rings (SSSR count). The van der Waals surface area contributed by atoms with Gasteiger partial charge in [-0.2, -0.15) is 0 Å². The minimum Gasteiger partial charge on any atom is -0.481 e. The number of aliphatic carboxylic acids is 1. The van der Waals surface area contributed by atoms with Crippen LogP contribution in [0.15, 0.2) is 22.7 Å². The van der Waals surface area contributed by atoms with Crippen LogP contribution in [0.3, 0.4) is 0 Å². The van der Waals surface area contributed by atoms with Crippen molar-refractivity contribution >= 4 is 23.4 Å². The molecule has 1 aromatic heterocycles. The molecule has 0 radical (unpaired) electrons. The van der Waals surface area contributed by atoms with E-state index in [0.29, 0.717) is 33.9 Å². The summed E-state index contributed by atoms with van der Waals surface area (Å²) in [6, 6.07) is 5.65. The van der Waals surface area contributed by atoms with Crippen LogP contribution in [0.5, 0.6) is 0 Å². The molecule has 2 aliphatic carbocycles. The van der Waals surface area contributed by atoms with E-state index in [1.165, 1.54) is 6.42 Å². The first-order valence-corrected chi connectivity index (χ1v) is 12.9. The molecule has 184 valence electrons. The van der Waals surface area contributed by atoms with E-state index in [-0.39, 0.29) is 25.0 Å². The second-order valence-corrected chi connectivity index (χ2v) is 12.1. The van der Waals surface area contributed by atoms with E-state index in [4.69, 9.17) is 16.1 Å². The minimum absolute atomic E-state index is 0.0304. The minimum atomic E-state index is -0.925. The Morgan fingerprint density at radius 2 is 1.88 bits per heavy atom. The smallest absolute Gasteiger partial charge is 0.304 e. The molecule has 0 bridgehead atoms. The molecule has 2 saturated carbocycles.